The molecule has 0 aliphatic carbocycles. The molecular weight excluding hydrogens is 398 g/mol. The highest BCUT2D eigenvalue weighted by molar-refractivity contribution is 9.11. The van der Waals surface area contributed by atoms with Crippen LogP contribution in [-0.4, -0.2) is 30.4 Å². The van der Waals surface area contributed by atoms with E-state index >= 15 is 0 Å². The fraction of sp³-hybridized carbons (Fsp3) is 0.533. The second-order valence-corrected chi connectivity index (χ2v) is 7.41. The van der Waals surface area contributed by atoms with Gasteiger partial charge in [0.2, 0.25) is 5.91 Å². The van der Waals surface area contributed by atoms with Gasteiger partial charge in [0.05, 0.1) is 5.69 Å². The average molecular weight is 419 g/mol. The summed E-state index contributed by atoms with van der Waals surface area (Å²) in [6.07, 6.45) is 2.34. The van der Waals surface area contributed by atoms with Crippen LogP contribution in [0, 0.1) is 5.92 Å². The summed E-state index contributed by atoms with van der Waals surface area (Å²) in [6, 6.07) is 4.05. The molecule has 1 aliphatic rings. The lowest BCUT2D eigenvalue weighted by Gasteiger charge is -2.33. The van der Waals surface area contributed by atoms with E-state index in [1.807, 2.05) is 6.07 Å². The van der Waals surface area contributed by atoms with E-state index in [0.29, 0.717) is 5.92 Å². The first-order valence-electron chi connectivity index (χ1n) is 7.16. The summed E-state index contributed by atoms with van der Waals surface area (Å²) in [6.45, 7) is 5.27. The molecule has 3 N–H and O–H groups in total. The molecule has 0 saturated carbocycles. The van der Waals surface area contributed by atoms with Crippen molar-refractivity contribution in [1.29, 1.82) is 0 Å². The van der Waals surface area contributed by atoms with Crippen molar-refractivity contribution in [2.45, 2.75) is 26.3 Å². The van der Waals surface area contributed by atoms with Gasteiger partial charge in [0.1, 0.15) is 0 Å². The predicted octanol–water partition coefficient (Wildman–Crippen LogP) is 3.14. The molecule has 6 heteroatoms. The second kappa shape index (κ2) is 7.61. The molecule has 1 atom stereocenters. The number of carbonyl (C=O) groups is 1. The van der Waals surface area contributed by atoms with E-state index in [-0.39, 0.29) is 5.91 Å². The summed E-state index contributed by atoms with van der Waals surface area (Å²) in [5, 5.41) is 2.92. The maximum atomic E-state index is 11.0. The van der Waals surface area contributed by atoms with Gasteiger partial charge >= 0.3 is 0 Å². The van der Waals surface area contributed by atoms with Gasteiger partial charge in [0, 0.05) is 35.5 Å². The molecule has 116 valence electrons. The largest absolute Gasteiger partial charge is 0.398 e. The van der Waals surface area contributed by atoms with E-state index < -0.39 is 0 Å². The van der Waals surface area contributed by atoms with Crippen LogP contribution in [-0.2, 0) is 11.3 Å². The van der Waals surface area contributed by atoms with E-state index in [0.717, 1.165) is 46.4 Å². The number of nitrogen functional groups attached to an aromatic ring is 1. The van der Waals surface area contributed by atoms with Crippen molar-refractivity contribution in [3.05, 3.63) is 26.6 Å². The number of nitrogens with two attached hydrogens (primary N) is 1. The number of hydrogen-bond acceptors (Lipinski definition) is 3. The highest BCUT2D eigenvalue weighted by atomic mass is 79.9. The summed E-state index contributed by atoms with van der Waals surface area (Å²) in [5.41, 5.74) is 8.09. The molecule has 0 unspecified atom stereocenters. The van der Waals surface area contributed by atoms with Crippen molar-refractivity contribution in [3.8, 4) is 0 Å². The summed E-state index contributed by atoms with van der Waals surface area (Å²) in [7, 11) is 0. The third-order valence-electron chi connectivity index (χ3n) is 3.82. The molecule has 21 heavy (non-hydrogen) atoms. The van der Waals surface area contributed by atoms with Gasteiger partial charge in [0.25, 0.3) is 0 Å². The fourth-order valence-electron chi connectivity index (χ4n) is 2.76. The van der Waals surface area contributed by atoms with Crippen LogP contribution in [0.3, 0.4) is 0 Å². The molecule has 0 bridgehead atoms. The molecule has 1 fully saturated rings. The van der Waals surface area contributed by atoms with E-state index in [9.17, 15) is 4.79 Å². The van der Waals surface area contributed by atoms with Crippen molar-refractivity contribution in [3.63, 3.8) is 0 Å². The van der Waals surface area contributed by atoms with Crippen LogP contribution in [0.2, 0.25) is 0 Å². The zero-order chi connectivity index (χ0) is 15.4. The maximum absolute atomic E-state index is 11.0. The molecule has 1 aromatic carbocycles. The lowest BCUT2D eigenvalue weighted by molar-refractivity contribution is -0.119. The van der Waals surface area contributed by atoms with E-state index in [2.05, 4.69) is 48.1 Å². The number of halogens is 2. The van der Waals surface area contributed by atoms with Crippen LogP contribution in [0.25, 0.3) is 0 Å². The van der Waals surface area contributed by atoms with Crippen LogP contribution < -0.4 is 11.1 Å². The van der Waals surface area contributed by atoms with E-state index in [1.54, 1.807) is 6.92 Å². The Balaban J connectivity index is 1.98. The summed E-state index contributed by atoms with van der Waals surface area (Å²) >= 11 is 7.01. The smallest absolute Gasteiger partial charge is 0.216 e. The van der Waals surface area contributed by atoms with Crippen LogP contribution >= 0.6 is 31.9 Å². The Labute approximate surface area is 142 Å². The first-order chi connectivity index (χ1) is 9.95. The number of anilines is 1. The molecule has 2 rings (SSSR count). The van der Waals surface area contributed by atoms with Crippen molar-refractivity contribution >= 4 is 43.5 Å². The average Bonchev–Trinajstić information content (AvgIpc) is 2.42. The topological polar surface area (TPSA) is 58.4 Å². The van der Waals surface area contributed by atoms with Gasteiger partial charge in [-0.05, 0) is 58.9 Å². The number of benzene rings is 1. The van der Waals surface area contributed by atoms with E-state index in [4.69, 9.17) is 5.73 Å². The van der Waals surface area contributed by atoms with Crippen molar-refractivity contribution < 1.29 is 4.79 Å². The molecular formula is C15H21Br2N3O. The molecule has 1 saturated heterocycles. The summed E-state index contributed by atoms with van der Waals surface area (Å²) in [5.74, 6) is 0.576. The molecule has 1 aliphatic heterocycles. The minimum Gasteiger partial charge on any atom is -0.398 e. The third kappa shape index (κ3) is 4.97. The maximum Gasteiger partial charge on any atom is 0.216 e. The third-order valence-corrected chi connectivity index (χ3v) is 4.93. The van der Waals surface area contributed by atoms with Gasteiger partial charge < -0.3 is 11.1 Å². The normalized spacial score (nSPS) is 19.5. The Morgan fingerprint density at radius 1 is 1.48 bits per heavy atom. The van der Waals surface area contributed by atoms with Crippen molar-refractivity contribution in [2.75, 3.05) is 25.4 Å². The van der Waals surface area contributed by atoms with E-state index in [1.165, 1.54) is 12.8 Å². The van der Waals surface area contributed by atoms with Gasteiger partial charge in [0.15, 0.2) is 0 Å². The summed E-state index contributed by atoms with van der Waals surface area (Å²) in [4.78, 5) is 13.4. The number of amides is 1. The number of carbonyl (C=O) groups excluding carboxylic acids is 1. The van der Waals surface area contributed by atoms with Crippen molar-refractivity contribution in [1.82, 2.24) is 10.2 Å². The zero-order valence-electron chi connectivity index (χ0n) is 12.2. The number of likely N-dealkylation sites (tertiary alicyclic amines) is 1. The Bertz CT molecular complexity index is 522. The van der Waals surface area contributed by atoms with Gasteiger partial charge in [-0.25, -0.2) is 0 Å². The highest BCUT2D eigenvalue weighted by Gasteiger charge is 2.21. The van der Waals surface area contributed by atoms with Gasteiger partial charge in [-0.2, -0.15) is 0 Å². The van der Waals surface area contributed by atoms with Crippen LogP contribution in [0.5, 0.6) is 0 Å². The first kappa shape index (κ1) is 16.8. The second-order valence-electron chi connectivity index (χ2n) is 5.64. The Kier molecular flexibility index (Phi) is 6.08. The monoisotopic (exact) mass is 417 g/mol. The molecule has 0 spiro atoms. The SMILES string of the molecule is CC(=O)NC[C@H]1CCCN(Cc2cc(Br)cc(Br)c2N)C1. The Hall–Kier alpha value is -0.590. The molecule has 4 nitrogen and oxygen atoms in total. The van der Waals surface area contributed by atoms with Gasteiger partial charge in [-0.15, -0.1) is 0 Å². The minimum absolute atomic E-state index is 0.0484. The fourth-order valence-corrected chi connectivity index (χ4v) is 4.07. The van der Waals surface area contributed by atoms with Crippen LogP contribution in [0.4, 0.5) is 5.69 Å². The number of nitrogens with one attached hydrogen (secondary N) is 1. The molecule has 1 amide bonds. The van der Waals surface area contributed by atoms with Crippen LogP contribution in [0.15, 0.2) is 21.1 Å². The number of hydrogen-bond donors (Lipinski definition) is 2. The van der Waals surface area contributed by atoms with Gasteiger partial charge in [-0.3, -0.25) is 9.69 Å². The molecule has 0 aromatic heterocycles. The molecule has 1 aromatic rings. The predicted molar refractivity (Wildman–Crippen MR) is 92.9 cm³/mol. The Morgan fingerprint density at radius 2 is 2.24 bits per heavy atom. The lowest BCUT2D eigenvalue weighted by Crippen LogP contribution is -2.40. The molecule has 1 heterocycles. The van der Waals surface area contributed by atoms with Crippen LogP contribution in [0.1, 0.15) is 25.3 Å². The standard InChI is InChI=1S/C15H21Br2N3O/c1-10(21)19-7-11-3-2-4-20(8-11)9-12-5-13(16)6-14(17)15(12)18/h5-6,11H,2-4,7-9,18H2,1H3,(H,19,21)/t11-/m1/s1. The number of piperidine rings is 1. The highest BCUT2D eigenvalue weighted by Crippen LogP contribution is 2.30. The number of rotatable bonds is 4. The lowest BCUT2D eigenvalue weighted by atomic mass is 9.97. The zero-order valence-corrected chi connectivity index (χ0v) is 15.3. The summed E-state index contributed by atoms with van der Waals surface area (Å²) < 4.78 is 1.96. The molecule has 0 radical (unpaired) electrons. The quantitative estimate of drug-likeness (QED) is 0.738. The minimum atomic E-state index is 0.0484. The van der Waals surface area contributed by atoms with Gasteiger partial charge in [-0.1, -0.05) is 15.9 Å². The number of nitrogens with zero attached hydrogens (tertiary/aromatic N) is 1. The Morgan fingerprint density at radius 3 is 2.95 bits per heavy atom. The van der Waals surface area contributed by atoms with Crippen molar-refractivity contribution in [2.24, 2.45) is 5.92 Å². The first-order valence-corrected chi connectivity index (χ1v) is 8.74.